The summed E-state index contributed by atoms with van der Waals surface area (Å²) in [5, 5.41) is 12.2. The molecule has 0 amide bonds. The molecule has 0 spiro atoms. The maximum Gasteiger partial charge on any atom is 0.0462 e. The van der Waals surface area contributed by atoms with Gasteiger partial charge in [0.05, 0.1) is 0 Å². The van der Waals surface area contributed by atoms with E-state index in [0.717, 1.165) is 16.5 Å². The number of nitrogens with zero attached hydrogens (tertiary/aromatic N) is 1. The van der Waals surface area contributed by atoms with Crippen molar-refractivity contribution < 1.29 is 5.11 Å². The highest BCUT2D eigenvalue weighted by Gasteiger charge is 2.12. The second kappa shape index (κ2) is 6.96. The van der Waals surface area contributed by atoms with Crippen LogP contribution in [0, 0.1) is 0 Å². The maximum absolute atomic E-state index is 8.85. The highest BCUT2D eigenvalue weighted by Crippen LogP contribution is 2.16. The fourth-order valence-corrected chi connectivity index (χ4v) is 1.92. The van der Waals surface area contributed by atoms with E-state index in [1.54, 1.807) is 12.4 Å². The van der Waals surface area contributed by atoms with Crippen LogP contribution in [0.1, 0.15) is 24.9 Å². The van der Waals surface area contributed by atoms with E-state index in [1.807, 2.05) is 13.0 Å². The lowest BCUT2D eigenvalue weighted by molar-refractivity contribution is 0.263. The molecule has 0 aliphatic carbocycles. The molecule has 1 heterocycles. The third-order valence-electron chi connectivity index (χ3n) is 2.41. The Kier molecular flexibility index (Phi) is 5.90. The summed E-state index contributed by atoms with van der Waals surface area (Å²) in [4.78, 5) is 4.11. The second-order valence-electron chi connectivity index (χ2n) is 3.80. The fraction of sp³-hybridized carbons (Fsp3) is 0.545. The second-order valence-corrected chi connectivity index (χ2v) is 4.72. The van der Waals surface area contributed by atoms with Gasteiger partial charge in [0.15, 0.2) is 0 Å². The van der Waals surface area contributed by atoms with Gasteiger partial charge in [-0.2, -0.15) is 0 Å². The molecule has 0 saturated carbocycles. The van der Waals surface area contributed by atoms with E-state index in [9.17, 15) is 0 Å². The number of pyridine rings is 1. The van der Waals surface area contributed by atoms with Gasteiger partial charge in [0.25, 0.3) is 0 Å². The van der Waals surface area contributed by atoms with Crippen LogP contribution in [-0.2, 0) is 0 Å². The minimum Gasteiger partial charge on any atom is -0.396 e. The molecule has 0 fully saturated rings. The molecular weight excluding hydrogens is 270 g/mol. The molecule has 16 heavy (non-hydrogen) atoms. The van der Waals surface area contributed by atoms with Crippen LogP contribution in [0.5, 0.6) is 0 Å². The molecule has 0 aromatic carbocycles. The normalized spacial score (nSPS) is 14.8. The molecule has 4 N–H and O–H groups in total. The van der Waals surface area contributed by atoms with Gasteiger partial charge in [-0.3, -0.25) is 4.98 Å². The molecule has 2 unspecified atom stereocenters. The van der Waals surface area contributed by atoms with Crippen LogP contribution >= 0.6 is 15.9 Å². The van der Waals surface area contributed by atoms with E-state index in [-0.39, 0.29) is 18.7 Å². The van der Waals surface area contributed by atoms with Crippen molar-refractivity contribution in [3.63, 3.8) is 0 Å². The Morgan fingerprint density at radius 1 is 1.56 bits per heavy atom. The van der Waals surface area contributed by atoms with Gasteiger partial charge in [0.1, 0.15) is 0 Å². The smallest absolute Gasteiger partial charge is 0.0462 e. The van der Waals surface area contributed by atoms with Gasteiger partial charge in [-0.15, -0.1) is 0 Å². The van der Waals surface area contributed by atoms with E-state index in [1.165, 1.54) is 0 Å². The number of aliphatic hydroxyl groups is 1. The summed E-state index contributed by atoms with van der Waals surface area (Å²) in [5.74, 6) is 0. The van der Waals surface area contributed by atoms with Gasteiger partial charge in [-0.25, -0.2) is 0 Å². The lowest BCUT2D eigenvalue weighted by Gasteiger charge is -2.21. The van der Waals surface area contributed by atoms with Gasteiger partial charge in [-0.05, 0) is 40.9 Å². The van der Waals surface area contributed by atoms with Crippen LogP contribution in [-0.4, -0.2) is 29.3 Å². The van der Waals surface area contributed by atoms with Crippen LogP contribution in [0.2, 0.25) is 0 Å². The van der Waals surface area contributed by atoms with Crippen LogP contribution in [0.15, 0.2) is 22.9 Å². The average Bonchev–Trinajstić information content (AvgIpc) is 2.26. The summed E-state index contributed by atoms with van der Waals surface area (Å²) in [5.41, 5.74) is 6.79. The number of halogens is 1. The Labute approximate surface area is 104 Å². The van der Waals surface area contributed by atoms with Gasteiger partial charge in [-0.1, -0.05) is 0 Å². The molecular formula is C11H18BrN3O. The molecule has 4 nitrogen and oxygen atoms in total. The van der Waals surface area contributed by atoms with Crippen molar-refractivity contribution in [1.29, 1.82) is 0 Å². The minimum absolute atomic E-state index is 0.0755. The Morgan fingerprint density at radius 3 is 2.88 bits per heavy atom. The van der Waals surface area contributed by atoms with E-state index in [4.69, 9.17) is 10.8 Å². The van der Waals surface area contributed by atoms with Crippen molar-refractivity contribution in [2.45, 2.75) is 25.4 Å². The maximum atomic E-state index is 8.85. The molecule has 0 aliphatic rings. The SMILES string of the molecule is CC(CCO)NC(CN)c1cncc(Br)c1. The lowest BCUT2D eigenvalue weighted by Crippen LogP contribution is -2.35. The third kappa shape index (κ3) is 4.17. The Morgan fingerprint density at radius 2 is 2.31 bits per heavy atom. The van der Waals surface area contributed by atoms with E-state index >= 15 is 0 Å². The van der Waals surface area contributed by atoms with Gasteiger partial charge >= 0.3 is 0 Å². The molecule has 0 aliphatic heterocycles. The summed E-state index contributed by atoms with van der Waals surface area (Å²) >= 11 is 3.39. The summed E-state index contributed by atoms with van der Waals surface area (Å²) < 4.78 is 0.945. The number of hydrogen-bond donors (Lipinski definition) is 3. The van der Waals surface area contributed by atoms with Gasteiger partial charge in [0.2, 0.25) is 0 Å². The summed E-state index contributed by atoms with van der Waals surface area (Å²) in [7, 11) is 0. The standard InChI is InChI=1S/C11H18BrN3O/c1-8(2-3-16)15-11(5-13)9-4-10(12)7-14-6-9/h4,6-8,11,15-16H,2-3,5,13H2,1H3. The zero-order chi connectivity index (χ0) is 12.0. The Bertz CT molecular complexity index is 322. The zero-order valence-electron chi connectivity index (χ0n) is 9.36. The van der Waals surface area contributed by atoms with E-state index < -0.39 is 0 Å². The molecule has 5 heteroatoms. The van der Waals surface area contributed by atoms with Gasteiger partial charge < -0.3 is 16.2 Å². The van der Waals surface area contributed by atoms with Crippen LogP contribution in [0.4, 0.5) is 0 Å². The molecule has 2 atom stereocenters. The first-order chi connectivity index (χ1) is 7.67. The summed E-state index contributed by atoms with van der Waals surface area (Å²) in [6.45, 7) is 2.72. The average molecular weight is 288 g/mol. The van der Waals surface area contributed by atoms with Crippen molar-refractivity contribution in [3.05, 3.63) is 28.5 Å². The number of aromatic nitrogens is 1. The Balaban J connectivity index is 2.67. The summed E-state index contributed by atoms with van der Waals surface area (Å²) in [6, 6.07) is 2.31. The molecule has 90 valence electrons. The number of nitrogens with one attached hydrogen (secondary N) is 1. The fourth-order valence-electron chi connectivity index (χ4n) is 1.54. The van der Waals surface area contributed by atoms with Crippen molar-refractivity contribution >= 4 is 15.9 Å². The van der Waals surface area contributed by atoms with Crippen molar-refractivity contribution in [2.24, 2.45) is 5.73 Å². The Hall–Kier alpha value is -0.490. The highest BCUT2D eigenvalue weighted by atomic mass is 79.9. The molecule has 0 bridgehead atoms. The molecule has 1 aromatic rings. The predicted molar refractivity (Wildman–Crippen MR) is 68.0 cm³/mol. The first-order valence-corrected chi connectivity index (χ1v) is 6.14. The van der Waals surface area contributed by atoms with Gasteiger partial charge in [0, 0.05) is 42.1 Å². The number of rotatable bonds is 6. The first-order valence-electron chi connectivity index (χ1n) is 5.34. The van der Waals surface area contributed by atoms with Crippen molar-refractivity contribution in [3.8, 4) is 0 Å². The quantitative estimate of drug-likeness (QED) is 0.735. The number of aliphatic hydroxyl groups excluding tert-OH is 1. The number of nitrogens with two attached hydrogens (primary N) is 1. The monoisotopic (exact) mass is 287 g/mol. The lowest BCUT2D eigenvalue weighted by atomic mass is 10.1. The largest absolute Gasteiger partial charge is 0.396 e. The number of hydrogen-bond acceptors (Lipinski definition) is 4. The van der Waals surface area contributed by atoms with Crippen molar-refractivity contribution in [1.82, 2.24) is 10.3 Å². The van der Waals surface area contributed by atoms with Crippen LogP contribution in [0.25, 0.3) is 0 Å². The predicted octanol–water partition coefficient (Wildman–Crippen LogP) is 1.20. The first kappa shape index (κ1) is 13.6. The van der Waals surface area contributed by atoms with Crippen molar-refractivity contribution in [2.75, 3.05) is 13.2 Å². The molecule has 0 saturated heterocycles. The zero-order valence-corrected chi connectivity index (χ0v) is 10.9. The molecule has 0 radical (unpaired) electrons. The summed E-state index contributed by atoms with van der Waals surface area (Å²) in [6.07, 6.45) is 4.27. The van der Waals surface area contributed by atoms with Crippen LogP contribution < -0.4 is 11.1 Å². The minimum atomic E-state index is 0.0755. The third-order valence-corrected chi connectivity index (χ3v) is 2.85. The topological polar surface area (TPSA) is 71.2 Å². The molecule has 1 aromatic heterocycles. The molecule has 1 rings (SSSR count). The van der Waals surface area contributed by atoms with E-state index in [2.05, 4.69) is 26.2 Å². The van der Waals surface area contributed by atoms with E-state index in [0.29, 0.717) is 6.54 Å². The highest BCUT2D eigenvalue weighted by molar-refractivity contribution is 9.10. The van der Waals surface area contributed by atoms with Crippen LogP contribution in [0.3, 0.4) is 0 Å².